The van der Waals surface area contributed by atoms with Crippen LogP contribution in [0.15, 0.2) is 42.5 Å². The molecule has 0 fully saturated rings. The summed E-state index contributed by atoms with van der Waals surface area (Å²) in [4.78, 5) is 0. The van der Waals surface area contributed by atoms with Gasteiger partial charge in [-0.05, 0) is 48.7 Å². The van der Waals surface area contributed by atoms with E-state index in [1.165, 1.54) is 5.56 Å². The highest BCUT2D eigenvalue weighted by Crippen LogP contribution is 2.38. The lowest BCUT2D eigenvalue weighted by atomic mass is 10.00. The van der Waals surface area contributed by atoms with E-state index in [4.69, 9.17) is 9.47 Å². The Hall–Kier alpha value is -2.16. The summed E-state index contributed by atoms with van der Waals surface area (Å²) < 4.78 is 11.4. The Balaban J connectivity index is 1.87. The molecular formula is C18H21NO2. The second-order valence-electron chi connectivity index (χ2n) is 5.43. The van der Waals surface area contributed by atoms with Gasteiger partial charge in [0.15, 0.2) is 0 Å². The first-order valence-electron chi connectivity index (χ1n) is 7.41. The molecule has 3 heteroatoms. The summed E-state index contributed by atoms with van der Waals surface area (Å²) in [5.41, 5.74) is 3.56. The minimum atomic E-state index is 0.0101. The van der Waals surface area contributed by atoms with E-state index in [-0.39, 0.29) is 12.1 Å². The van der Waals surface area contributed by atoms with Crippen molar-refractivity contribution in [3.63, 3.8) is 0 Å². The van der Waals surface area contributed by atoms with E-state index < -0.39 is 0 Å². The number of benzene rings is 2. The topological polar surface area (TPSA) is 30.5 Å². The van der Waals surface area contributed by atoms with Crippen molar-refractivity contribution in [2.45, 2.75) is 32.4 Å². The van der Waals surface area contributed by atoms with Crippen molar-refractivity contribution in [3.8, 4) is 11.5 Å². The highest BCUT2D eigenvalue weighted by atomic mass is 16.5. The van der Waals surface area contributed by atoms with Crippen LogP contribution in [0.5, 0.6) is 11.5 Å². The molecule has 3 rings (SSSR count). The molecule has 0 radical (unpaired) electrons. The molecule has 0 spiro atoms. The van der Waals surface area contributed by atoms with Crippen LogP contribution in [0.2, 0.25) is 0 Å². The van der Waals surface area contributed by atoms with Crippen molar-refractivity contribution in [1.29, 1.82) is 0 Å². The molecule has 0 amide bonds. The summed E-state index contributed by atoms with van der Waals surface area (Å²) in [6.07, 6.45) is 1.04. The number of methoxy groups -OCH3 is 1. The fraction of sp³-hybridized carbons (Fsp3) is 0.333. The van der Waals surface area contributed by atoms with E-state index in [2.05, 4.69) is 49.5 Å². The molecule has 2 aromatic carbocycles. The molecule has 1 heterocycles. The summed E-state index contributed by atoms with van der Waals surface area (Å²) in [7, 11) is 1.68. The molecule has 2 unspecified atom stereocenters. The van der Waals surface area contributed by atoms with Gasteiger partial charge in [-0.25, -0.2) is 0 Å². The Morgan fingerprint density at radius 2 is 1.90 bits per heavy atom. The van der Waals surface area contributed by atoms with Gasteiger partial charge in [-0.1, -0.05) is 25.1 Å². The van der Waals surface area contributed by atoms with Crippen molar-refractivity contribution < 1.29 is 9.47 Å². The highest BCUT2D eigenvalue weighted by Gasteiger charge is 2.27. The van der Waals surface area contributed by atoms with Crippen LogP contribution in [0, 0.1) is 0 Å². The maximum atomic E-state index is 6.20. The van der Waals surface area contributed by atoms with Gasteiger partial charge in [-0.3, -0.25) is 0 Å². The maximum Gasteiger partial charge on any atom is 0.144 e. The van der Waals surface area contributed by atoms with Gasteiger partial charge < -0.3 is 14.8 Å². The minimum absolute atomic E-state index is 0.0101. The third-order valence-electron chi connectivity index (χ3n) is 3.99. The first kappa shape index (κ1) is 13.8. The standard InChI is InChI=1S/C18H21NO2/c1-4-13-5-10-17-16(11-13)19-12(2)18(21-17)14-6-8-15(20-3)9-7-14/h5-12,18-19H,4H2,1-3H3. The Morgan fingerprint density at radius 3 is 2.57 bits per heavy atom. The van der Waals surface area contributed by atoms with Crippen LogP contribution in [-0.4, -0.2) is 13.2 Å². The Morgan fingerprint density at radius 1 is 1.14 bits per heavy atom. The Bertz CT molecular complexity index is 622. The molecule has 3 nitrogen and oxygen atoms in total. The van der Waals surface area contributed by atoms with Gasteiger partial charge in [0.2, 0.25) is 0 Å². The highest BCUT2D eigenvalue weighted by molar-refractivity contribution is 5.60. The minimum Gasteiger partial charge on any atom is -0.497 e. The van der Waals surface area contributed by atoms with Gasteiger partial charge in [0.1, 0.15) is 17.6 Å². The number of hydrogen-bond donors (Lipinski definition) is 1. The van der Waals surface area contributed by atoms with E-state index in [1.54, 1.807) is 7.11 Å². The molecule has 2 aromatic rings. The zero-order valence-electron chi connectivity index (χ0n) is 12.7. The molecule has 1 aliphatic heterocycles. The fourth-order valence-electron chi connectivity index (χ4n) is 2.72. The van der Waals surface area contributed by atoms with Crippen molar-refractivity contribution in [2.24, 2.45) is 0 Å². The smallest absolute Gasteiger partial charge is 0.144 e. The van der Waals surface area contributed by atoms with Crippen LogP contribution < -0.4 is 14.8 Å². The van der Waals surface area contributed by atoms with Crippen LogP contribution in [0.1, 0.15) is 31.1 Å². The lowest BCUT2D eigenvalue weighted by Gasteiger charge is -2.33. The molecule has 21 heavy (non-hydrogen) atoms. The van der Waals surface area contributed by atoms with Crippen molar-refractivity contribution in [2.75, 3.05) is 12.4 Å². The fourth-order valence-corrected chi connectivity index (χ4v) is 2.72. The molecule has 1 N–H and O–H groups in total. The van der Waals surface area contributed by atoms with Crippen molar-refractivity contribution in [1.82, 2.24) is 0 Å². The Kier molecular flexibility index (Phi) is 3.74. The van der Waals surface area contributed by atoms with Crippen LogP contribution in [0.3, 0.4) is 0 Å². The molecule has 0 saturated heterocycles. The summed E-state index contributed by atoms with van der Waals surface area (Å²) in [6, 6.07) is 14.7. The third kappa shape index (κ3) is 2.68. The number of ether oxygens (including phenoxy) is 2. The van der Waals surface area contributed by atoms with Gasteiger partial charge >= 0.3 is 0 Å². The van der Waals surface area contributed by atoms with E-state index in [0.29, 0.717) is 0 Å². The molecule has 0 bridgehead atoms. The summed E-state index contributed by atoms with van der Waals surface area (Å²) in [5.74, 6) is 1.79. The van der Waals surface area contributed by atoms with Crippen molar-refractivity contribution in [3.05, 3.63) is 53.6 Å². The number of fused-ring (bicyclic) bond motifs is 1. The summed E-state index contributed by atoms with van der Waals surface area (Å²) >= 11 is 0. The first-order valence-corrected chi connectivity index (χ1v) is 7.41. The number of rotatable bonds is 3. The van der Waals surface area contributed by atoms with E-state index >= 15 is 0 Å². The first-order chi connectivity index (χ1) is 10.2. The molecule has 1 aliphatic rings. The lowest BCUT2D eigenvalue weighted by Crippen LogP contribution is -2.32. The zero-order chi connectivity index (χ0) is 14.8. The maximum absolute atomic E-state index is 6.20. The predicted octanol–water partition coefficient (Wildman–Crippen LogP) is 4.19. The largest absolute Gasteiger partial charge is 0.497 e. The second kappa shape index (κ2) is 5.68. The van der Waals surface area contributed by atoms with E-state index in [9.17, 15) is 0 Å². The van der Waals surface area contributed by atoms with Crippen LogP contribution in [-0.2, 0) is 6.42 Å². The SMILES string of the molecule is CCc1ccc2c(c1)NC(C)C(c1ccc(OC)cc1)O2. The molecule has 0 saturated carbocycles. The number of hydrogen-bond acceptors (Lipinski definition) is 3. The monoisotopic (exact) mass is 283 g/mol. The third-order valence-corrected chi connectivity index (χ3v) is 3.99. The van der Waals surface area contributed by atoms with E-state index in [1.807, 2.05) is 12.1 Å². The Labute approximate surface area is 125 Å². The number of nitrogens with one attached hydrogen (secondary N) is 1. The number of anilines is 1. The quantitative estimate of drug-likeness (QED) is 0.916. The van der Waals surface area contributed by atoms with Crippen LogP contribution in [0.25, 0.3) is 0 Å². The normalized spacial score (nSPS) is 20.1. The summed E-state index contributed by atoms with van der Waals surface area (Å²) in [5, 5.41) is 3.56. The predicted molar refractivity (Wildman–Crippen MR) is 85.3 cm³/mol. The second-order valence-corrected chi connectivity index (χ2v) is 5.43. The van der Waals surface area contributed by atoms with Crippen LogP contribution in [0.4, 0.5) is 5.69 Å². The molecule has 0 aliphatic carbocycles. The van der Waals surface area contributed by atoms with Gasteiger partial charge in [0, 0.05) is 0 Å². The molecule has 2 atom stereocenters. The van der Waals surface area contributed by atoms with Gasteiger partial charge in [-0.15, -0.1) is 0 Å². The van der Waals surface area contributed by atoms with Crippen LogP contribution >= 0.6 is 0 Å². The number of aryl methyl sites for hydroxylation is 1. The average Bonchev–Trinajstić information content (AvgIpc) is 2.53. The summed E-state index contributed by atoms with van der Waals surface area (Å²) in [6.45, 7) is 4.31. The molecule has 110 valence electrons. The lowest BCUT2D eigenvalue weighted by molar-refractivity contribution is 0.177. The van der Waals surface area contributed by atoms with Gasteiger partial charge in [-0.2, -0.15) is 0 Å². The molecular weight excluding hydrogens is 262 g/mol. The average molecular weight is 283 g/mol. The van der Waals surface area contributed by atoms with Gasteiger partial charge in [0.25, 0.3) is 0 Å². The van der Waals surface area contributed by atoms with E-state index in [0.717, 1.165) is 29.2 Å². The van der Waals surface area contributed by atoms with Gasteiger partial charge in [0.05, 0.1) is 18.8 Å². The molecule has 0 aromatic heterocycles. The van der Waals surface area contributed by atoms with Crippen molar-refractivity contribution >= 4 is 5.69 Å². The zero-order valence-corrected chi connectivity index (χ0v) is 12.7.